The number of hydrogen-bond donors (Lipinski definition) is 1. The van der Waals surface area contributed by atoms with Crippen LogP contribution in [0.1, 0.15) is 22.8 Å². The summed E-state index contributed by atoms with van der Waals surface area (Å²) in [7, 11) is 0. The summed E-state index contributed by atoms with van der Waals surface area (Å²) in [5.41, 5.74) is 3.67. The van der Waals surface area contributed by atoms with Crippen molar-refractivity contribution < 1.29 is 9.84 Å². The van der Waals surface area contributed by atoms with Gasteiger partial charge < -0.3 is 9.84 Å². The molecule has 3 aromatic rings. The SMILES string of the molecule is OC(CN(Cc1ccccc1)Cc1ccccc1)[C@H]1CO[C@@H]1c1ccccc1. The van der Waals surface area contributed by atoms with Crippen LogP contribution in [0.15, 0.2) is 91.0 Å². The molecule has 1 unspecified atom stereocenters. The minimum atomic E-state index is -0.425. The van der Waals surface area contributed by atoms with Crippen molar-refractivity contribution in [3.63, 3.8) is 0 Å². The van der Waals surface area contributed by atoms with Crippen molar-refractivity contribution in [2.24, 2.45) is 5.92 Å². The van der Waals surface area contributed by atoms with Gasteiger partial charge in [-0.05, 0) is 16.7 Å². The Morgan fingerprint density at radius 3 is 1.75 bits per heavy atom. The maximum Gasteiger partial charge on any atom is 0.0900 e. The second kappa shape index (κ2) is 9.16. The van der Waals surface area contributed by atoms with Gasteiger partial charge in [0.2, 0.25) is 0 Å². The molecule has 1 heterocycles. The molecule has 3 aromatic carbocycles. The first kappa shape index (κ1) is 18.9. The molecular formula is C25H27NO2. The van der Waals surface area contributed by atoms with Crippen LogP contribution < -0.4 is 0 Å². The highest BCUT2D eigenvalue weighted by atomic mass is 16.5. The molecule has 1 saturated heterocycles. The van der Waals surface area contributed by atoms with Crippen molar-refractivity contribution in [3.8, 4) is 0 Å². The van der Waals surface area contributed by atoms with E-state index in [1.54, 1.807) is 0 Å². The molecule has 0 aromatic heterocycles. The Kier molecular flexibility index (Phi) is 6.17. The van der Waals surface area contributed by atoms with E-state index in [4.69, 9.17) is 4.74 Å². The fourth-order valence-corrected chi connectivity index (χ4v) is 3.87. The minimum Gasteiger partial charge on any atom is -0.391 e. The van der Waals surface area contributed by atoms with E-state index in [1.165, 1.54) is 11.1 Å². The van der Waals surface area contributed by atoms with Gasteiger partial charge in [0.05, 0.1) is 18.8 Å². The van der Waals surface area contributed by atoms with Crippen LogP contribution in [0.2, 0.25) is 0 Å². The van der Waals surface area contributed by atoms with Crippen LogP contribution in [0.25, 0.3) is 0 Å². The zero-order valence-electron chi connectivity index (χ0n) is 16.0. The number of aliphatic hydroxyl groups is 1. The number of hydrogen-bond acceptors (Lipinski definition) is 3. The lowest BCUT2D eigenvalue weighted by Gasteiger charge is -2.41. The fraction of sp³-hybridized carbons (Fsp3) is 0.280. The van der Waals surface area contributed by atoms with E-state index >= 15 is 0 Å². The van der Waals surface area contributed by atoms with Gasteiger partial charge in [-0.15, -0.1) is 0 Å². The zero-order chi connectivity index (χ0) is 19.2. The molecule has 1 aliphatic rings. The average Bonchev–Trinajstić information content (AvgIpc) is 2.69. The van der Waals surface area contributed by atoms with Crippen LogP contribution in [0.5, 0.6) is 0 Å². The van der Waals surface area contributed by atoms with Gasteiger partial charge in [-0.2, -0.15) is 0 Å². The summed E-state index contributed by atoms with van der Waals surface area (Å²) in [6, 6.07) is 31.1. The maximum atomic E-state index is 11.0. The molecule has 0 bridgehead atoms. The molecule has 0 spiro atoms. The Morgan fingerprint density at radius 2 is 1.29 bits per heavy atom. The first-order chi connectivity index (χ1) is 13.8. The van der Waals surface area contributed by atoms with Crippen molar-refractivity contribution in [2.45, 2.75) is 25.3 Å². The van der Waals surface area contributed by atoms with Gasteiger partial charge in [-0.3, -0.25) is 4.90 Å². The smallest absolute Gasteiger partial charge is 0.0900 e. The van der Waals surface area contributed by atoms with Gasteiger partial charge in [0, 0.05) is 25.6 Å². The van der Waals surface area contributed by atoms with Crippen LogP contribution >= 0.6 is 0 Å². The van der Waals surface area contributed by atoms with Crippen molar-refractivity contribution in [3.05, 3.63) is 108 Å². The second-order valence-electron chi connectivity index (χ2n) is 7.54. The van der Waals surface area contributed by atoms with E-state index in [-0.39, 0.29) is 12.0 Å². The molecule has 3 heteroatoms. The number of ether oxygens (including phenoxy) is 1. The lowest BCUT2D eigenvalue weighted by Crippen LogP contribution is -2.46. The molecular weight excluding hydrogens is 346 g/mol. The van der Waals surface area contributed by atoms with Crippen LogP contribution in [0.4, 0.5) is 0 Å². The predicted molar refractivity (Wildman–Crippen MR) is 112 cm³/mol. The lowest BCUT2D eigenvalue weighted by atomic mass is 9.86. The zero-order valence-corrected chi connectivity index (χ0v) is 16.0. The van der Waals surface area contributed by atoms with Crippen molar-refractivity contribution >= 4 is 0 Å². The van der Waals surface area contributed by atoms with Crippen molar-refractivity contribution in [1.29, 1.82) is 0 Å². The Balaban J connectivity index is 1.45. The molecule has 0 amide bonds. The lowest BCUT2D eigenvalue weighted by molar-refractivity contribution is -0.165. The minimum absolute atomic E-state index is 0.00787. The quantitative estimate of drug-likeness (QED) is 0.634. The molecule has 4 rings (SSSR count). The summed E-state index contributed by atoms with van der Waals surface area (Å²) in [5.74, 6) is 0.136. The largest absolute Gasteiger partial charge is 0.391 e. The summed E-state index contributed by atoms with van der Waals surface area (Å²) < 4.78 is 5.79. The molecule has 1 N–H and O–H groups in total. The van der Waals surface area contributed by atoms with E-state index in [0.29, 0.717) is 13.2 Å². The predicted octanol–water partition coefficient (Wildman–Crippen LogP) is 4.44. The molecule has 1 fully saturated rings. The molecule has 144 valence electrons. The van der Waals surface area contributed by atoms with Gasteiger partial charge in [0.1, 0.15) is 0 Å². The molecule has 1 aliphatic heterocycles. The Hall–Kier alpha value is -2.46. The van der Waals surface area contributed by atoms with Gasteiger partial charge in [-0.1, -0.05) is 91.0 Å². The van der Waals surface area contributed by atoms with Gasteiger partial charge in [0.25, 0.3) is 0 Å². The van der Waals surface area contributed by atoms with Crippen molar-refractivity contribution in [2.75, 3.05) is 13.2 Å². The number of benzene rings is 3. The highest BCUT2D eigenvalue weighted by Crippen LogP contribution is 2.37. The van der Waals surface area contributed by atoms with E-state index < -0.39 is 6.10 Å². The first-order valence-corrected chi connectivity index (χ1v) is 9.94. The Bertz CT molecular complexity index is 797. The Labute approximate surface area is 167 Å². The fourth-order valence-electron chi connectivity index (χ4n) is 3.87. The highest BCUT2D eigenvalue weighted by molar-refractivity contribution is 5.21. The van der Waals surface area contributed by atoms with E-state index in [0.717, 1.165) is 18.7 Å². The summed E-state index contributed by atoms with van der Waals surface area (Å²) >= 11 is 0. The monoisotopic (exact) mass is 373 g/mol. The van der Waals surface area contributed by atoms with E-state index in [2.05, 4.69) is 65.6 Å². The molecule has 3 atom stereocenters. The van der Waals surface area contributed by atoms with Gasteiger partial charge in [0.15, 0.2) is 0 Å². The summed E-state index contributed by atoms with van der Waals surface area (Å²) in [6.45, 7) is 2.87. The molecule has 0 radical (unpaired) electrons. The molecule has 0 aliphatic carbocycles. The van der Waals surface area contributed by atoms with E-state index in [1.807, 2.05) is 30.3 Å². The topological polar surface area (TPSA) is 32.7 Å². The van der Waals surface area contributed by atoms with Crippen molar-refractivity contribution in [1.82, 2.24) is 4.90 Å². The number of rotatable bonds is 8. The van der Waals surface area contributed by atoms with Crippen LogP contribution in [-0.4, -0.2) is 29.3 Å². The van der Waals surface area contributed by atoms with Crippen LogP contribution in [0.3, 0.4) is 0 Å². The summed E-state index contributed by atoms with van der Waals surface area (Å²) in [6.07, 6.45) is -0.433. The van der Waals surface area contributed by atoms with Gasteiger partial charge >= 0.3 is 0 Å². The molecule has 3 nitrogen and oxygen atoms in total. The summed E-state index contributed by atoms with van der Waals surface area (Å²) in [4.78, 5) is 2.33. The molecule has 28 heavy (non-hydrogen) atoms. The average molecular weight is 373 g/mol. The van der Waals surface area contributed by atoms with Crippen LogP contribution in [0, 0.1) is 5.92 Å². The number of nitrogens with zero attached hydrogens (tertiary/aromatic N) is 1. The second-order valence-corrected chi connectivity index (χ2v) is 7.54. The highest BCUT2D eigenvalue weighted by Gasteiger charge is 2.39. The first-order valence-electron chi connectivity index (χ1n) is 9.94. The molecule has 0 saturated carbocycles. The maximum absolute atomic E-state index is 11.0. The summed E-state index contributed by atoms with van der Waals surface area (Å²) in [5, 5.41) is 11.0. The third kappa shape index (κ3) is 4.68. The van der Waals surface area contributed by atoms with Crippen LogP contribution in [-0.2, 0) is 17.8 Å². The standard InChI is InChI=1S/C25H27NO2/c27-24(23-19-28-25(23)22-14-8-3-9-15-22)18-26(16-20-10-4-1-5-11-20)17-21-12-6-2-7-13-21/h1-15,23-25,27H,16-19H2/t23-,24?,25-/m1/s1. The van der Waals surface area contributed by atoms with Gasteiger partial charge in [-0.25, -0.2) is 0 Å². The third-order valence-corrected chi connectivity index (χ3v) is 5.42. The van der Waals surface area contributed by atoms with E-state index in [9.17, 15) is 5.11 Å². The number of aliphatic hydroxyl groups excluding tert-OH is 1. The normalized spacial score (nSPS) is 19.9. The third-order valence-electron chi connectivity index (χ3n) is 5.42. The Morgan fingerprint density at radius 1 is 0.786 bits per heavy atom.